The fraction of sp³-hybridized carbons (Fsp3) is 0.600. The Hall–Kier alpha value is -0.720. The molecule has 11 heavy (non-hydrogen) atoms. The van der Waals surface area contributed by atoms with Crippen LogP contribution in [-0.4, -0.2) is 5.11 Å². The third kappa shape index (κ3) is 2.11. The van der Waals surface area contributed by atoms with Crippen molar-refractivity contribution in [2.45, 2.75) is 26.7 Å². The summed E-state index contributed by atoms with van der Waals surface area (Å²) in [7, 11) is 0. The second kappa shape index (κ2) is 3.12. The summed E-state index contributed by atoms with van der Waals surface area (Å²) in [5.41, 5.74) is 0.899. The summed E-state index contributed by atoms with van der Waals surface area (Å²) >= 11 is 0. The van der Waals surface area contributed by atoms with Crippen LogP contribution in [-0.2, 0) is 0 Å². The van der Waals surface area contributed by atoms with Crippen molar-refractivity contribution in [3.63, 3.8) is 0 Å². The van der Waals surface area contributed by atoms with Crippen LogP contribution in [0.1, 0.15) is 26.7 Å². The van der Waals surface area contributed by atoms with Gasteiger partial charge in [0.1, 0.15) is 5.76 Å². The highest BCUT2D eigenvalue weighted by molar-refractivity contribution is 5.29. The van der Waals surface area contributed by atoms with E-state index in [4.69, 9.17) is 0 Å². The normalized spacial score (nSPS) is 24.5. The van der Waals surface area contributed by atoms with Crippen LogP contribution in [0.2, 0.25) is 0 Å². The van der Waals surface area contributed by atoms with Gasteiger partial charge in [-0.2, -0.15) is 0 Å². The standard InChI is InChI=1S/C10H16O/c1-7(2)4-9-5-8(3)10(11)6-9/h6-7,9,11H,3-5H2,1-2H3. The zero-order chi connectivity index (χ0) is 8.43. The maximum Gasteiger partial charge on any atom is 0.114 e. The van der Waals surface area contributed by atoms with Crippen molar-refractivity contribution in [1.82, 2.24) is 0 Å². The largest absolute Gasteiger partial charge is 0.508 e. The monoisotopic (exact) mass is 152 g/mol. The van der Waals surface area contributed by atoms with Crippen molar-refractivity contribution in [3.8, 4) is 0 Å². The number of aliphatic hydroxyl groups excluding tert-OH is 1. The molecule has 0 spiro atoms. The zero-order valence-corrected chi connectivity index (χ0v) is 7.30. The molecule has 0 aromatic rings. The Morgan fingerprint density at radius 1 is 1.73 bits per heavy atom. The summed E-state index contributed by atoms with van der Waals surface area (Å²) in [5, 5.41) is 9.24. The summed E-state index contributed by atoms with van der Waals surface area (Å²) in [4.78, 5) is 0. The highest BCUT2D eigenvalue weighted by atomic mass is 16.3. The summed E-state index contributed by atoms with van der Waals surface area (Å²) in [6.07, 6.45) is 4.04. The molecule has 0 aromatic heterocycles. The fourth-order valence-corrected chi connectivity index (χ4v) is 1.58. The number of hydrogen-bond acceptors (Lipinski definition) is 1. The van der Waals surface area contributed by atoms with Crippen molar-refractivity contribution in [2.75, 3.05) is 0 Å². The van der Waals surface area contributed by atoms with Gasteiger partial charge in [0.05, 0.1) is 0 Å². The molecule has 0 amide bonds. The minimum atomic E-state index is 0.413. The number of hydrogen-bond donors (Lipinski definition) is 1. The van der Waals surface area contributed by atoms with Gasteiger partial charge in [-0.05, 0) is 36.3 Å². The van der Waals surface area contributed by atoms with E-state index in [1.807, 2.05) is 6.08 Å². The predicted octanol–water partition coefficient (Wildman–Crippen LogP) is 3.05. The van der Waals surface area contributed by atoms with Crippen LogP contribution in [0, 0.1) is 11.8 Å². The van der Waals surface area contributed by atoms with Crippen LogP contribution >= 0.6 is 0 Å². The average Bonchev–Trinajstić information content (AvgIpc) is 2.10. The molecular weight excluding hydrogens is 136 g/mol. The molecule has 62 valence electrons. The SMILES string of the molecule is C=C1CC(CC(C)C)C=C1O. The molecule has 1 unspecified atom stereocenters. The summed E-state index contributed by atoms with van der Waals surface area (Å²) < 4.78 is 0. The van der Waals surface area contributed by atoms with Crippen LogP contribution in [0.3, 0.4) is 0 Å². The first-order chi connectivity index (χ1) is 5.09. The molecule has 0 aliphatic heterocycles. The second-order valence-corrected chi connectivity index (χ2v) is 3.75. The predicted molar refractivity (Wildman–Crippen MR) is 47.4 cm³/mol. The third-order valence-electron chi connectivity index (χ3n) is 2.04. The Morgan fingerprint density at radius 3 is 2.73 bits per heavy atom. The molecule has 1 atom stereocenters. The van der Waals surface area contributed by atoms with Gasteiger partial charge in [-0.3, -0.25) is 0 Å². The molecule has 0 fully saturated rings. The van der Waals surface area contributed by atoms with Gasteiger partial charge < -0.3 is 5.11 Å². The first kappa shape index (κ1) is 8.38. The summed E-state index contributed by atoms with van der Waals surface area (Å²) in [6, 6.07) is 0. The van der Waals surface area contributed by atoms with Gasteiger partial charge in [0, 0.05) is 0 Å². The third-order valence-corrected chi connectivity index (χ3v) is 2.04. The van der Waals surface area contributed by atoms with Gasteiger partial charge in [0.2, 0.25) is 0 Å². The maximum absolute atomic E-state index is 9.24. The molecule has 0 radical (unpaired) electrons. The Balaban J connectivity index is 2.47. The van der Waals surface area contributed by atoms with Crippen LogP contribution in [0.4, 0.5) is 0 Å². The smallest absolute Gasteiger partial charge is 0.114 e. The van der Waals surface area contributed by atoms with Crippen molar-refractivity contribution >= 4 is 0 Å². The second-order valence-electron chi connectivity index (χ2n) is 3.75. The first-order valence-corrected chi connectivity index (χ1v) is 4.18. The summed E-state index contributed by atoms with van der Waals surface area (Å²) in [6.45, 7) is 8.18. The van der Waals surface area contributed by atoms with E-state index in [2.05, 4.69) is 20.4 Å². The molecule has 0 saturated heterocycles. The number of aliphatic hydroxyl groups is 1. The van der Waals surface area contributed by atoms with E-state index in [1.165, 1.54) is 0 Å². The van der Waals surface area contributed by atoms with Crippen LogP contribution in [0.5, 0.6) is 0 Å². The summed E-state index contributed by atoms with van der Waals surface area (Å²) in [5.74, 6) is 1.65. The van der Waals surface area contributed by atoms with Crippen LogP contribution in [0.15, 0.2) is 24.0 Å². The van der Waals surface area contributed by atoms with E-state index in [-0.39, 0.29) is 0 Å². The molecule has 1 aliphatic rings. The maximum atomic E-state index is 9.24. The minimum absolute atomic E-state index is 0.413. The van der Waals surface area contributed by atoms with E-state index in [9.17, 15) is 5.11 Å². The number of rotatable bonds is 2. The van der Waals surface area contributed by atoms with E-state index in [0.29, 0.717) is 17.6 Å². The van der Waals surface area contributed by atoms with Gasteiger partial charge in [0.15, 0.2) is 0 Å². The van der Waals surface area contributed by atoms with Crippen molar-refractivity contribution < 1.29 is 5.11 Å². The van der Waals surface area contributed by atoms with E-state index < -0.39 is 0 Å². The van der Waals surface area contributed by atoms with E-state index >= 15 is 0 Å². The van der Waals surface area contributed by atoms with Crippen LogP contribution < -0.4 is 0 Å². The lowest BCUT2D eigenvalue weighted by molar-refractivity contribution is 0.426. The topological polar surface area (TPSA) is 20.2 Å². The quantitative estimate of drug-likeness (QED) is 0.644. The Labute approximate surface area is 68.4 Å². The molecule has 1 N–H and O–H groups in total. The molecule has 1 heteroatoms. The molecule has 0 bridgehead atoms. The average molecular weight is 152 g/mol. The molecular formula is C10H16O. The van der Waals surface area contributed by atoms with Crippen molar-refractivity contribution in [1.29, 1.82) is 0 Å². The molecule has 1 nitrogen and oxygen atoms in total. The minimum Gasteiger partial charge on any atom is -0.508 e. The molecule has 0 aromatic carbocycles. The molecule has 1 aliphatic carbocycles. The van der Waals surface area contributed by atoms with E-state index in [1.54, 1.807) is 0 Å². The van der Waals surface area contributed by atoms with Gasteiger partial charge in [0.25, 0.3) is 0 Å². The molecule has 0 heterocycles. The van der Waals surface area contributed by atoms with Crippen molar-refractivity contribution in [3.05, 3.63) is 24.0 Å². The Morgan fingerprint density at radius 2 is 2.36 bits per heavy atom. The van der Waals surface area contributed by atoms with Gasteiger partial charge in [-0.25, -0.2) is 0 Å². The number of allylic oxidation sites excluding steroid dienone is 2. The fourth-order valence-electron chi connectivity index (χ4n) is 1.58. The highest BCUT2D eigenvalue weighted by Gasteiger charge is 2.19. The first-order valence-electron chi connectivity index (χ1n) is 4.18. The van der Waals surface area contributed by atoms with Gasteiger partial charge >= 0.3 is 0 Å². The highest BCUT2D eigenvalue weighted by Crippen LogP contribution is 2.30. The van der Waals surface area contributed by atoms with Crippen LogP contribution in [0.25, 0.3) is 0 Å². The lowest BCUT2D eigenvalue weighted by Gasteiger charge is -2.08. The lowest BCUT2D eigenvalue weighted by atomic mass is 9.96. The van der Waals surface area contributed by atoms with Gasteiger partial charge in [-0.1, -0.05) is 20.4 Å². The zero-order valence-electron chi connectivity index (χ0n) is 7.30. The Kier molecular flexibility index (Phi) is 2.38. The van der Waals surface area contributed by atoms with Gasteiger partial charge in [-0.15, -0.1) is 0 Å². The van der Waals surface area contributed by atoms with E-state index in [0.717, 1.165) is 18.4 Å². The Bertz CT molecular complexity index is 189. The molecule has 1 rings (SSSR count). The lowest BCUT2D eigenvalue weighted by Crippen LogP contribution is -1.97. The molecule has 0 saturated carbocycles. The van der Waals surface area contributed by atoms with Crippen molar-refractivity contribution in [2.24, 2.45) is 11.8 Å².